The van der Waals surface area contributed by atoms with Crippen LogP contribution in [0.5, 0.6) is 0 Å². The molecule has 0 aliphatic carbocycles. The average molecular weight is 453 g/mol. The minimum absolute atomic E-state index is 0.0532. The molecule has 2 amide bonds. The van der Waals surface area contributed by atoms with Crippen molar-refractivity contribution in [2.45, 2.75) is 24.6 Å². The fourth-order valence-corrected chi connectivity index (χ4v) is 5.00. The number of hydrogen-bond acceptors (Lipinski definition) is 3. The summed E-state index contributed by atoms with van der Waals surface area (Å²) in [6.45, 7) is 1.97. The lowest BCUT2D eigenvalue weighted by Crippen LogP contribution is -2.28. The predicted octanol–water partition coefficient (Wildman–Crippen LogP) is 5.88. The van der Waals surface area contributed by atoms with Gasteiger partial charge in [0, 0.05) is 11.8 Å². The Balaban J connectivity index is 1.51. The zero-order valence-electron chi connectivity index (χ0n) is 17.4. The van der Waals surface area contributed by atoms with E-state index in [0.29, 0.717) is 12.1 Å². The second kappa shape index (κ2) is 9.53. The molecule has 0 bridgehead atoms. The molecule has 4 rings (SSSR count). The Morgan fingerprint density at radius 3 is 2.47 bits per heavy atom. The Hall–Kier alpha value is -3.19. The molecule has 7 heteroatoms. The zero-order chi connectivity index (χ0) is 22.7. The lowest BCUT2D eigenvalue weighted by Gasteiger charge is -2.25. The number of benzene rings is 3. The first-order chi connectivity index (χ1) is 15.5. The molecule has 1 aliphatic rings. The highest BCUT2D eigenvalue weighted by molar-refractivity contribution is 8.00. The van der Waals surface area contributed by atoms with Gasteiger partial charge in [-0.3, -0.25) is 14.5 Å². The second-order valence-electron chi connectivity index (χ2n) is 7.51. The summed E-state index contributed by atoms with van der Waals surface area (Å²) in [4.78, 5) is 26.6. The first-order valence-electron chi connectivity index (χ1n) is 10.3. The Morgan fingerprint density at radius 1 is 1.09 bits per heavy atom. The molecule has 4 nitrogen and oxygen atoms in total. The second-order valence-corrected chi connectivity index (χ2v) is 8.57. The summed E-state index contributed by atoms with van der Waals surface area (Å²) in [7, 11) is 0. The van der Waals surface area contributed by atoms with E-state index >= 15 is 0 Å². The number of halogens is 2. The van der Waals surface area contributed by atoms with Crippen LogP contribution in [0.1, 0.15) is 35.8 Å². The molecule has 1 fully saturated rings. The molecule has 2 atom stereocenters. The predicted molar refractivity (Wildman–Crippen MR) is 124 cm³/mol. The quantitative estimate of drug-likeness (QED) is 0.508. The van der Waals surface area contributed by atoms with Crippen LogP contribution in [0.15, 0.2) is 72.8 Å². The molecule has 32 heavy (non-hydrogen) atoms. The monoisotopic (exact) mass is 452 g/mol. The topological polar surface area (TPSA) is 49.4 Å². The molecule has 1 aliphatic heterocycles. The number of rotatable bonds is 6. The van der Waals surface area contributed by atoms with Crippen LogP contribution in [0.3, 0.4) is 0 Å². The van der Waals surface area contributed by atoms with E-state index in [-0.39, 0.29) is 29.2 Å². The van der Waals surface area contributed by atoms with Crippen molar-refractivity contribution >= 4 is 35.0 Å². The summed E-state index contributed by atoms with van der Waals surface area (Å²) in [6.07, 6.45) is 0.674. The number of carbonyl (C=O) groups excluding carboxylic acids is 2. The Labute approximate surface area is 189 Å². The third-order valence-corrected chi connectivity index (χ3v) is 6.64. The third-order valence-electron chi connectivity index (χ3n) is 5.43. The highest BCUT2D eigenvalue weighted by atomic mass is 32.2. The molecule has 0 unspecified atom stereocenters. The van der Waals surface area contributed by atoms with Gasteiger partial charge in [0.25, 0.3) is 0 Å². The number of nitrogens with one attached hydrogen (secondary N) is 1. The standard InChI is InChI=1S/C25H22F2N2O2S/c1-2-20(16-6-4-3-5-7-16)24(31)28-19-11-8-17(9-12-19)25-29(23(30)15-32-25)22-13-10-18(26)14-21(22)27/h3-14,20,25H,2,15H2,1H3,(H,28,31)/t20-,25+/m0/s1. The first kappa shape index (κ1) is 22.0. The molecule has 0 spiro atoms. The van der Waals surface area contributed by atoms with Gasteiger partial charge < -0.3 is 5.32 Å². The lowest BCUT2D eigenvalue weighted by molar-refractivity contribution is -0.118. The number of anilines is 2. The summed E-state index contributed by atoms with van der Waals surface area (Å²) < 4.78 is 27.6. The smallest absolute Gasteiger partial charge is 0.238 e. The molecule has 3 aromatic rings. The van der Waals surface area contributed by atoms with Crippen molar-refractivity contribution in [1.29, 1.82) is 0 Å². The summed E-state index contributed by atoms with van der Waals surface area (Å²) in [5.74, 6) is -1.85. The van der Waals surface area contributed by atoms with Gasteiger partial charge in [-0.1, -0.05) is 49.4 Å². The van der Waals surface area contributed by atoms with E-state index in [0.717, 1.165) is 23.3 Å². The fraction of sp³-hybridized carbons (Fsp3) is 0.200. The number of amides is 2. The Morgan fingerprint density at radius 2 is 1.81 bits per heavy atom. The van der Waals surface area contributed by atoms with Crippen molar-refractivity contribution in [1.82, 2.24) is 0 Å². The highest BCUT2D eigenvalue weighted by Crippen LogP contribution is 2.42. The maximum atomic E-state index is 14.3. The van der Waals surface area contributed by atoms with Crippen LogP contribution >= 0.6 is 11.8 Å². The number of thioether (sulfide) groups is 1. The van der Waals surface area contributed by atoms with Gasteiger partial charge in [-0.25, -0.2) is 8.78 Å². The van der Waals surface area contributed by atoms with E-state index in [4.69, 9.17) is 0 Å². The lowest BCUT2D eigenvalue weighted by atomic mass is 9.95. The van der Waals surface area contributed by atoms with E-state index in [1.807, 2.05) is 49.4 Å². The van der Waals surface area contributed by atoms with Crippen molar-refractivity contribution in [2.24, 2.45) is 0 Å². The van der Waals surface area contributed by atoms with E-state index in [1.165, 1.54) is 22.7 Å². The number of carbonyl (C=O) groups is 2. The maximum Gasteiger partial charge on any atom is 0.238 e. The molecule has 1 heterocycles. The van der Waals surface area contributed by atoms with E-state index < -0.39 is 17.0 Å². The van der Waals surface area contributed by atoms with Gasteiger partial charge in [-0.2, -0.15) is 0 Å². The van der Waals surface area contributed by atoms with Gasteiger partial charge >= 0.3 is 0 Å². The number of hydrogen-bond donors (Lipinski definition) is 1. The van der Waals surface area contributed by atoms with Gasteiger partial charge in [0.05, 0.1) is 17.4 Å². The van der Waals surface area contributed by atoms with Gasteiger partial charge in [-0.05, 0) is 41.8 Å². The molecule has 0 radical (unpaired) electrons. The van der Waals surface area contributed by atoms with Crippen molar-refractivity contribution in [3.63, 3.8) is 0 Å². The largest absolute Gasteiger partial charge is 0.326 e. The molecule has 0 saturated carbocycles. The summed E-state index contributed by atoms with van der Waals surface area (Å²) >= 11 is 1.37. The van der Waals surface area contributed by atoms with Crippen LogP contribution in [-0.4, -0.2) is 17.6 Å². The molecular formula is C25H22F2N2O2S. The minimum Gasteiger partial charge on any atom is -0.326 e. The Kier molecular flexibility index (Phi) is 6.55. The summed E-state index contributed by atoms with van der Waals surface area (Å²) in [6, 6.07) is 20.0. The maximum absolute atomic E-state index is 14.3. The SMILES string of the molecule is CC[C@H](C(=O)Nc1ccc([C@H]2SCC(=O)N2c2ccc(F)cc2F)cc1)c1ccccc1. The molecule has 164 valence electrons. The van der Waals surface area contributed by atoms with E-state index in [1.54, 1.807) is 12.1 Å². The molecule has 0 aromatic heterocycles. The van der Waals surface area contributed by atoms with Crippen molar-refractivity contribution in [3.8, 4) is 0 Å². The van der Waals surface area contributed by atoms with Crippen LogP contribution in [0.4, 0.5) is 20.2 Å². The van der Waals surface area contributed by atoms with Crippen LogP contribution < -0.4 is 10.2 Å². The number of nitrogens with zero attached hydrogens (tertiary/aromatic N) is 1. The normalized spacial score (nSPS) is 16.8. The van der Waals surface area contributed by atoms with Crippen molar-refractivity contribution in [2.75, 3.05) is 16.0 Å². The van der Waals surface area contributed by atoms with Crippen LogP contribution in [0.2, 0.25) is 0 Å². The Bertz CT molecular complexity index is 1120. The van der Waals surface area contributed by atoms with Crippen LogP contribution in [-0.2, 0) is 9.59 Å². The van der Waals surface area contributed by atoms with E-state index in [2.05, 4.69) is 5.32 Å². The third kappa shape index (κ3) is 4.53. The minimum atomic E-state index is -0.777. The van der Waals surface area contributed by atoms with Crippen LogP contribution in [0, 0.1) is 11.6 Å². The van der Waals surface area contributed by atoms with Gasteiger partial charge in [-0.15, -0.1) is 11.8 Å². The zero-order valence-corrected chi connectivity index (χ0v) is 18.2. The van der Waals surface area contributed by atoms with Crippen LogP contribution in [0.25, 0.3) is 0 Å². The average Bonchev–Trinajstić information content (AvgIpc) is 3.17. The molecular weight excluding hydrogens is 430 g/mol. The molecule has 3 aromatic carbocycles. The summed E-state index contributed by atoms with van der Waals surface area (Å²) in [5.41, 5.74) is 2.44. The van der Waals surface area contributed by atoms with E-state index in [9.17, 15) is 18.4 Å². The first-order valence-corrected chi connectivity index (χ1v) is 11.4. The van der Waals surface area contributed by atoms with Crippen molar-refractivity contribution in [3.05, 3.63) is 95.6 Å². The molecule has 1 N–H and O–H groups in total. The summed E-state index contributed by atoms with van der Waals surface area (Å²) in [5, 5.41) is 2.52. The fourth-order valence-electron chi connectivity index (χ4n) is 3.83. The van der Waals surface area contributed by atoms with Gasteiger partial charge in [0.15, 0.2) is 0 Å². The molecule has 1 saturated heterocycles. The van der Waals surface area contributed by atoms with Crippen molar-refractivity contribution < 1.29 is 18.4 Å². The van der Waals surface area contributed by atoms with Gasteiger partial charge in [0.1, 0.15) is 17.0 Å². The highest BCUT2D eigenvalue weighted by Gasteiger charge is 2.35. The van der Waals surface area contributed by atoms with Gasteiger partial charge in [0.2, 0.25) is 11.8 Å².